The Morgan fingerprint density at radius 2 is 2.00 bits per heavy atom. The van der Waals surface area contributed by atoms with E-state index < -0.39 is 11.5 Å². The summed E-state index contributed by atoms with van der Waals surface area (Å²) in [4.78, 5) is 10.9. The van der Waals surface area contributed by atoms with Crippen LogP contribution in [0.4, 0.5) is 0 Å². The molecule has 1 unspecified atom stereocenters. The number of carbonyl (C=O) groups excluding carboxylic acids is 1. The molecular weight excluding hydrogens is 180 g/mol. The summed E-state index contributed by atoms with van der Waals surface area (Å²) in [5.74, 6) is -0.438. The van der Waals surface area contributed by atoms with Crippen LogP contribution < -0.4 is 0 Å². The number of hydrogen-bond donors (Lipinski definition) is 0. The lowest BCUT2D eigenvalue weighted by Gasteiger charge is -2.18. The van der Waals surface area contributed by atoms with Crippen LogP contribution >= 0.6 is 11.6 Å². The molecule has 0 aromatic rings. The average molecular weight is 195 g/mol. The number of esters is 1. The topological polar surface area (TPSA) is 35.5 Å². The SMILES string of the molecule is CC(Cl)OC(=O)COC(C)(C)C. The minimum Gasteiger partial charge on any atom is -0.445 e. The zero-order valence-corrected chi connectivity index (χ0v) is 8.64. The Balaban J connectivity index is 3.58. The van der Waals surface area contributed by atoms with Crippen LogP contribution in [0, 0.1) is 0 Å². The van der Waals surface area contributed by atoms with Crippen molar-refractivity contribution < 1.29 is 14.3 Å². The van der Waals surface area contributed by atoms with Gasteiger partial charge in [-0.25, -0.2) is 4.79 Å². The lowest BCUT2D eigenvalue weighted by atomic mass is 10.2. The molecule has 0 fully saturated rings. The first-order valence-corrected chi connectivity index (χ1v) is 4.22. The summed E-state index contributed by atoms with van der Waals surface area (Å²) in [5.41, 5.74) is -0.921. The van der Waals surface area contributed by atoms with Gasteiger partial charge >= 0.3 is 5.97 Å². The van der Waals surface area contributed by atoms with Gasteiger partial charge < -0.3 is 9.47 Å². The molecule has 0 aliphatic carbocycles. The molecule has 0 aromatic carbocycles. The molecule has 0 spiro atoms. The number of hydrogen-bond acceptors (Lipinski definition) is 3. The van der Waals surface area contributed by atoms with Gasteiger partial charge in [0.2, 0.25) is 0 Å². The second kappa shape index (κ2) is 4.67. The van der Waals surface area contributed by atoms with Gasteiger partial charge in [-0.3, -0.25) is 0 Å². The molecule has 12 heavy (non-hydrogen) atoms. The fourth-order valence-corrected chi connectivity index (χ4v) is 0.590. The highest BCUT2D eigenvalue weighted by Gasteiger charge is 2.14. The minimum absolute atomic E-state index is 0.0550. The number of rotatable bonds is 3. The fraction of sp³-hybridized carbons (Fsp3) is 0.875. The minimum atomic E-state index is -0.596. The van der Waals surface area contributed by atoms with E-state index in [9.17, 15) is 4.79 Å². The third kappa shape index (κ3) is 7.82. The number of ether oxygens (including phenoxy) is 2. The molecule has 72 valence electrons. The molecule has 4 heteroatoms. The van der Waals surface area contributed by atoms with E-state index in [4.69, 9.17) is 16.3 Å². The number of carbonyl (C=O) groups is 1. The van der Waals surface area contributed by atoms with E-state index in [1.807, 2.05) is 20.8 Å². The Morgan fingerprint density at radius 3 is 2.33 bits per heavy atom. The quantitative estimate of drug-likeness (QED) is 0.509. The Hall–Kier alpha value is -0.280. The van der Waals surface area contributed by atoms with Gasteiger partial charge in [-0.15, -0.1) is 0 Å². The highest BCUT2D eigenvalue weighted by atomic mass is 35.5. The second-order valence-corrected chi connectivity index (χ2v) is 4.05. The Labute approximate surface area is 78.0 Å². The average Bonchev–Trinajstić information content (AvgIpc) is 1.80. The van der Waals surface area contributed by atoms with Gasteiger partial charge in [0.25, 0.3) is 0 Å². The molecule has 0 heterocycles. The molecule has 0 amide bonds. The van der Waals surface area contributed by atoms with Crippen LogP contribution in [-0.4, -0.2) is 23.7 Å². The molecule has 0 N–H and O–H groups in total. The summed E-state index contributed by atoms with van der Waals surface area (Å²) in [7, 11) is 0. The maximum absolute atomic E-state index is 10.9. The molecule has 0 saturated heterocycles. The zero-order chi connectivity index (χ0) is 9.78. The van der Waals surface area contributed by atoms with E-state index in [1.165, 1.54) is 0 Å². The Morgan fingerprint density at radius 1 is 1.50 bits per heavy atom. The maximum Gasteiger partial charge on any atom is 0.333 e. The van der Waals surface area contributed by atoms with Crippen LogP contribution in [0.3, 0.4) is 0 Å². The van der Waals surface area contributed by atoms with Crippen molar-refractivity contribution in [2.24, 2.45) is 0 Å². The second-order valence-electron chi connectivity index (χ2n) is 3.43. The van der Waals surface area contributed by atoms with Crippen LogP contribution in [0.15, 0.2) is 0 Å². The maximum atomic E-state index is 10.9. The summed E-state index contributed by atoms with van der Waals surface area (Å²) < 4.78 is 9.81. The molecule has 0 saturated carbocycles. The Kier molecular flexibility index (Phi) is 4.57. The largest absolute Gasteiger partial charge is 0.445 e. The predicted molar refractivity (Wildman–Crippen MR) is 47.1 cm³/mol. The highest BCUT2D eigenvalue weighted by molar-refractivity contribution is 6.19. The molecule has 0 radical (unpaired) electrons. The van der Waals surface area contributed by atoms with E-state index in [1.54, 1.807) is 6.92 Å². The lowest BCUT2D eigenvalue weighted by Crippen LogP contribution is -2.25. The summed E-state index contributed by atoms with van der Waals surface area (Å²) in [6.07, 6.45) is 0. The first-order chi connectivity index (χ1) is 5.31. The van der Waals surface area contributed by atoms with Crippen LogP contribution in [0.25, 0.3) is 0 Å². The predicted octanol–water partition coefficient (Wildman–Crippen LogP) is 1.93. The van der Waals surface area contributed by atoms with Crippen molar-refractivity contribution in [3.63, 3.8) is 0 Å². The molecule has 0 aliphatic rings. The Bertz CT molecular complexity index is 149. The van der Waals surface area contributed by atoms with E-state index >= 15 is 0 Å². The van der Waals surface area contributed by atoms with Crippen molar-refractivity contribution in [2.45, 2.75) is 38.9 Å². The van der Waals surface area contributed by atoms with Gasteiger partial charge in [-0.1, -0.05) is 11.6 Å². The lowest BCUT2D eigenvalue weighted by molar-refractivity contribution is -0.155. The number of halogens is 1. The van der Waals surface area contributed by atoms with Crippen molar-refractivity contribution >= 4 is 17.6 Å². The van der Waals surface area contributed by atoms with E-state index in [-0.39, 0.29) is 12.2 Å². The molecule has 0 aromatic heterocycles. The third-order valence-corrected chi connectivity index (χ3v) is 1.01. The summed E-state index contributed by atoms with van der Waals surface area (Å²) >= 11 is 5.42. The van der Waals surface area contributed by atoms with Crippen LogP contribution in [0.5, 0.6) is 0 Å². The van der Waals surface area contributed by atoms with Gasteiger partial charge in [0.1, 0.15) is 6.61 Å². The molecule has 0 rings (SSSR count). The summed E-state index contributed by atoms with van der Waals surface area (Å²) in [5, 5.41) is 0. The van der Waals surface area contributed by atoms with Gasteiger partial charge in [-0.05, 0) is 27.7 Å². The van der Waals surface area contributed by atoms with Gasteiger partial charge in [0, 0.05) is 0 Å². The molecule has 3 nitrogen and oxygen atoms in total. The van der Waals surface area contributed by atoms with Gasteiger partial charge in [0.05, 0.1) is 5.60 Å². The van der Waals surface area contributed by atoms with Crippen molar-refractivity contribution in [3.05, 3.63) is 0 Å². The van der Waals surface area contributed by atoms with Gasteiger partial charge in [-0.2, -0.15) is 0 Å². The van der Waals surface area contributed by atoms with Crippen molar-refractivity contribution in [1.82, 2.24) is 0 Å². The van der Waals surface area contributed by atoms with E-state index in [0.717, 1.165) is 0 Å². The molecule has 0 aliphatic heterocycles. The highest BCUT2D eigenvalue weighted by Crippen LogP contribution is 2.06. The summed E-state index contributed by atoms with van der Waals surface area (Å²) in [6.45, 7) is 7.12. The first-order valence-electron chi connectivity index (χ1n) is 3.79. The normalized spacial score (nSPS) is 14.1. The first kappa shape index (κ1) is 11.7. The zero-order valence-electron chi connectivity index (χ0n) is 7.89. The smallest absolute Gasteiger partial charge is 0.333 e. The van der Waals surface area contributed by atoms with Crippen LogP contribution in [0.2, 0.25) is 0 Å². The monoisotopic (exact) mass is 194 g/mol. The van der Waals surface area contributed by atoms with Crippen molar-refractivity contribution in [3.8, 4) is 0 Å². The standard InChI is InChI=1S/C8H15ClO3/c1-6(9)12-7(10)5-11-8(2,3)4/h6H,5H2,1-4H3. The molecule has 1 atom stereocenters. The van der Waals surface area contributed by atoms with E-state index in [2.05, 4.69) is 4.74 Å². The van der Waals surface area contributed by atoms with Crippen LogP contribution in [0.1, 0.15) is 27.7 Å². The number of alkyl halides is 1. The molecule has 0 bridgehead atoms. The van der Waals surface area contributed by atoms with E-state index in [0.29, 0.717) is 0 Å². The van der Waals surface area contributed by atoms with Crippen molar-refractivity contribution in [2.75, 3.05) is 6.61 Å². The van der Waals surface area contributed by atoms with Crippen molar-refractivity contribution in [1.29, 1.82) is 0 Å². The summed E-state index contributed by atoms with van der Waals surface area (Å²) in [6, 6.07) is 0. The fourth-order valence-electron chi connectivity index (χ4n) is 0.491. The van der Waals surface area contributed by atoms with Gasteiger partial charge in [0.15, 0.2) is 5.56 Å². The molecular formula is C8H15ClO3. The third-order valence-electron chi connectivity index (χ3n) is 0.917. The van der Waals surface area contributed by atoms with Crippen LogP contribution in [-0.2, 0) is 14.3 Å².